The number of aryl methyl sites for hydroxylation is 2. The van der Waals surface area contributed by atoms with Gasteiger partial charge in [0.25, 0.3) is 5.91 Å². The van der Waals surface area contributed by atoms with Crippen LogP contribution in [0.5, 0.6) is 0 Å². The summed E-state index contributed by atoms with van der Waals surface area (Å²) in [6, 6.07) is 2.39. The summed E-state index contributed by atoms with van der Waals surface area (Å²) >= 11 is 0. The Hall–Kier alpha value is -1.62. The van der Waals surface area contributed by atoms with Gasteiger partial charge in [-0.1, -0.05) is 0 Å². The van der Waals surface area contributed by atoms with E-state index in [4.69, 9.17) is 5.73 Å². The van der Waals surface area contributed by atoms with E-state index >= 15 is 0 Å². The number of carbonyl (C=O) groups excluding carboxylic acids is 1. The molecule has 3 N–H and O–H groups in total. The molecule has 0 radical (unpaired) electrons. The number of hydrogen-bond donors (Lipinski definition) is 2. The zero-order valence-corrected chi connectivity index (χ0v) is 11.2. The van der Waals surface area contributed by atoms with Crippen molar-refractivity contribution in [3.05, 3.63) is 23.0 Å². The first-order valence-electron chi connectivity index (χ1n) is 6.30. The van der Waals surface area contributed by atoms with Gasteiger partial charge >= 0.3 is 0 Å². The lowest BCUT2D eigenvalue weighted by Gasteiger charge is -2.40. The van der Waals surface area contributed by atoms with Crippen LogP contribution in [0.1, 0.15) is 28.7 Å². The van der Waals surface area contributed by atoms with Gasteiger partial charge < -0.3 is 16.0 Å². The maximum atomic E-state index is 11.6. The van der Waals surface area contributed by atoms with Gasteiger partial charge in [0, 0.05) is 25.3 Å². The van der Waals surface area contributed by atoms with Crippen LogP contribution in [0.4, 0.5) is 5.69 Å². The topological polar surface area (TPSA) is 71.2 Å². The smallest absolute Gasteiger partial charge is 0.252 e. The first-order chi connectivity index (χ1) is 8.54. The number of nitrogens with zero attached hydrogens (tertiary/aromatic N) is 2. The summed E-state index contributed by atoms with van der Waals surface area (Å²) in [7, 11) is 0. The number of nitrogens with two attached hydrogens (primary N) is 1. The normalized spacial score (nSPS) is 15.3. The van der Waals surface area contributed by atoms with Crippen LogP contribution in [-0.4, -0.2) is 36.6 Å². The Labute approximate surface area is 107 Å². The maximum Gasteiger partial charge on any atom is 0.252 e. The Balaban J connectivity index is 2.49. The lowest BCUT2D eigenvalue weighted by molar-refractivity contribution is 0.0999. The third-order valence-electron chi connectivity index (χ3n) is 3.40. The number of nitrogens with one attached hydrogen (secondary N) is 1. The summed E-state index contributed by atoms with van der Waals surface area (Å²) in [6.07, 6.45) is 0. The zero-order chi connectivity index (χ0) is 13.3. The summed E-state index contributed by atoms with van der Waals surface area (Å²) in [5.41, 5.74) is 8.59. The minimum Gasteiger partial charge on any atom is -0.366 e. The molecule has 0 aliphatic carbocycles. The summed E-state index contributed by atoms with van der Waals surface area (Å²) in [5.74, 6) is -0.402. The molecule has 2 rings (SSSR count). The standard InChI is InChI=1S/C13H20N4O/c1-4-17(10-6-15-7-10)11-5-8(2)16-9(3)12(11)13(14)18/h5,10,15H,4,6-7H2,1-3H3,(H2,14,18). The molecule has 0 unspecified atom stereocenters. The number of carbonyl (C=O) groups is 1. The van der Waals surface area contributed by atoms with E-state index in [1.54, 1.807) is 0 Å². The molecule has 2 heterocycles. The Morgan fingerprint density at radius 2 is 2.22 bits per heavy atom. The summed E-state index contributed by atoms with van der Waals surface area (Å²) in [5, 5.41) is 3.25. The second kappa shape index (κ2) is 4.94. The Morgan fingerprint density at radius 1 is 1.56 bits per heavy atom. The number of aromatic nitrogens is 1. The molecule has 5 heteroatoms. The Morgan fingerprint density at radius 3 is 2.67 bits per heavy atom. The second-order valence-corrected chi connectivity index (χ2v) is 4.71. The van der Waals surface area contributed by atoms with Crippen LogP contribution in [0.15, 0.2) is 6.07 Å². The van der Waals surface area contributed by atoms with Crippen LogP contribution < -0.4 is 16.0 Å². The van der Waals surface area contributed by atoms with Crippen LogP contribution in [0.2, 0.25) is 0 Å². The molecule has 1 fully saturated rings. The fraction of sp³-hybridized carbons (Fsp3) is 0.538. The molecule has 1 aliphatic rings. The van der Waals surface area contributed by atoms with E-state index in [1.165, 1.54) is 0 Å². The number of hydrogen-bond acceptors (Lipinski definition) is 4. The highest BCUT2D eigenvalue weighted by Crippen LogP contribution is 2.26. The van der Waals surface area contributed by atoms with Crippen molar-refractivity contribution in [1.82, 2.24) is 10.3 Å². The first-order valence-corrected chi connectivity index (χ1v) is 6.30. The van der Waals surface area contributed by atoms with E-state index in [0.717, 1.165) is 31.0 Å². The van der Waals surface area contributed by atoms with E-state index in [0.29, 0.717) is 17.3 Å². The van der Waals surface area contributed by atoms with Crippen molar-refractivity contribution in [3.8, 4) is 0 Å². The van der Waals surface area contributed by atoms with Crippen molar-refractivity contribution in [3.63, 3.8) is 0 Å². The molecule has 1 saturated heterocycles. The lowest BCUT2D eigenvalue weighted by atomic mass is 10.0. The molecule has 98 valence electrons. The second-order valence-electron chi connectivity index (χ2n) is 4.71. The van der Waals surface area contributed by atoms with Gasteiger partial charge in [0.2, 0.25) is 0 Å². The van der Waals surface area contributed by atoms with Crippen LogP contribution in [-0.2, 0) is 0 Å². The van der Waals surface area contributed by atoms with E-state index in [9.17, 15) is 4.79 Å². The number of likely N-dealkylation sites (N-methyl/N-ethyl adjacent to an activating group) is 1. The SMILES string of the molecule is CCN(c1cc(C)nc(C)c1C(N)=O)C1CNC1. The van der Waals surface area contributed by atoms with Gasteiger partial charge in [0.1, 0.15) is 0 Å². The predicted molar refractivity (Wildman–Crippen MR) is 71.9 cm³/mol. The molecule has 0 atom stereocenters. The van der Waals surface area contributed by atoms with Crippen molar-refractivity contribution in [1.29, 1.82) is 0 Å². The quantitative estimate of drug-likeness (QED) is 0.818. The zero-order valence-electron chi connectivity index (χ0n) is 11.2. The first kappa shape index (κ1) is 12.8. The summed E-state index contributed by atoms with van der Waals surface area (Å²) < 4.78 is 0. The van der Waals surface area contributed by atoms with Crippen molar-refractivity contribution in [2.75, 3.05) is 24.5 Å². The van der Waals surface area contributed by atoms with Crippen LogP contribution in [0.25, 0.3) is 0 Å². The van der Waals surface area contributed by atoms with Crippen molar-refractivity contribution >= 4 is 11.6 Å². The molecule has 18 heavy (non-hydrogen) atoms. The van der Waals surface area contributed by atoms with Crippen molar-refractivity contribution < 1.29 is 4.79 Å². The number of pyridine rings is 1. The van der Waals surface area contributed by atoms with Gasteiger partial charge in [-0.25, -0.2) is 0 Å². The van der Waals surface area contributed by atoms with Gasteiger partial charge in [-0.05, 0) is 26.8 Å². The average molecular weight is 248 g/mol. The van der Waals surface area contributed by atoms with Gasteiger partial charge in [0.15, 0.2) is 0 Å². The van der Waals surface area contributed by atoms with E-state index in [1.807, 2.05) is 19.9 Å². The molecule has 0 aromatic carbocycles. The molecular formula is C13H20N4O. The highest BCUT2D eigenvalue weighted by molar-refractivity contribution is 5.99. The van der Waals surface area contributed by atoms with E-state index < -0.39 is 5.91 Å². The largest absolute Gasteiger partial charge is 0.366 e. The molecule has 0 spiro atoms. The highest BCUT2D eigenvalue weighted by Gasteiger charge is 2.27. The molecule has 1 aliphatic heterocycles. The maximum absolute atomic E-state index is 11.6. The Bertz CT molecular complexity index is 468. The molecule has 5 nitrogen and oxygen atoms in total. The molecule has 0 bridgehead atoms. The number of primary amides is 1. The number of rotatable bonds is 4. The summed E-state index contributed by atoms with van der Waals surface area (Å²) in [4.78, 5) is 18.2. The molecule has 1 aromatic heterocycles. The van der Waals surface area contributed by atoms with Crippen LogP contribution >= 0.6 is 0 Å². The molecular weight excluding hydrogens is 228 g/mol. The average Bonchev–Trinajstić information content (AvgIpc) is 2.20. The van der Waals surface area contributed by atoms with Crippen LogP contribution in [0.3, 0.4) is 0 Å². The monoisotopic (exact) mass is 248 g/mol. The predicted octanol–water partition coefficient (Wildman–Crippen LogP) is 0.595. The van der Waals surface area contributed by atoms with Crippen molar-refractivity contribution in [2.45, 2.75) is 26.8 Å². The fourth-order valence-electron chi connectivity index (χ4n) is 2.46. The van der Waals surface area contributed by atoms with Gasteiger partial charge in [-0.3, -0.25) is 9.78 Å². The third-order valence-corrected chi connectivity index (χ3v) is 3.40. The minimum absolute atomic E-state index is 0.402. The lowest BCUT2D eigenvalue weighted by Crippen LogP contribution is -2.57. The van der Waals surface area contributed by atoms with Crippen molar-refractivity contribution in [2.24, 2.45) is 5.73 Å². The highest BCUT2D eigenvalue weighted by atomic mass is 16.1. The third kappa shape index (κ3) is 2.18. The number of anilines is 1. The Kier molecular flexibility index (Phi) is 3.52. The van der Waals surface area contributed by atoms with Crippen LogP contribution in [0, 0.1) is 13.8 Å². The van der Waals surface area contributed by atoms with E-state index in [-0.39, 0.29) is 0 Å². The summed E-state index contributed by atoms with van der Waals surface area (Å²) in [6.45, 7) is 8.63. The number of amides is 1. The fourth-order valence-corrected chi connectivity index (χ4v) is 2.46. The minimum atomic E-state index is -0.402. The molecule has 1 amide bonds. The van der Waals surface area contributed by atoms with E-state index in [2.05, 4.69) is 22.1 Å². The molecule has 0 saturated carbocycles. The molecule has 1 aromatic rings. The van der Waals surface area contributed by atoms with Gasteiger partial charge in [0.05, 0.1) is 23.0 Å². The van der Waals surface area contributed by atoms with Gasteiger partial charge in [-0.2, -0.15) is 0 Å². The van der Waals surface area contributed by atoms with Gasteiger partial charge in [-0.15, -0.1) is 0 Å².